The smallest absolute Gasteiger partial charge is 0.228 e. The molecule has 3 aromatic rings. The van der Waals surface area contributed by atoms with Crippen LogP contribution >= 0.6 is 0 Å². The number of rotatable bonds is 4. The number of carbonyl (C=O) groups is 2. The highest BCUT2D eigenvalue weighted by Crippen LogP contribution is 2.22. The normalized spacial score (nSPS) is 10.6. The average Bonchev–Trinajstić information content (AvgIpc) is 2.93. The zero-order valence-corrected chi connectivity index (χ0v) is 13.0. The number of hydrogen-bond acceptors (Lipinski definition) is 2. The number of aromatic nitrogens is 1. The lowest BCUT2D eigenvalue weighted by atomic mass is 10.1. The van der Waals surface area contributed by atoms with Gasteiger partial charge in [0.2, 0.25) is 11.8 Å². The van der Waals surface area contributed by atoms with E-state index in [-0.39, 0.29) is 24.1 Å². The number of carbonyl (C=O) groups excluding carboxylic acids is 2. The summed E-state index contributed by atoms with van der Waals surface area (Å²) in [5, 5.41) is 5.85. The molecule has 122 valence electrons. The van der Waals surface area contributed by atoms with Crippen LogP contribution in [0.3, 0.4) is 0 Å². The fraction of sp³-hybridized carbons (Fsp3) is 0.111. The van der Waals surface area contributed by atoms with Crippen LogP contribution in [0.4, 0.5) is 15.8 Å². The number of aromatic amines is 1. The van der Waals surface area contributed by atoms with Crippen LogP contribution in [-0.4, -0.2) is 16.8 Å². The first kappa shape index (κ1) is 15.7. The van der Waals surface area contributed by atoms with Crippen molar-refractivity contribution in [3.05, 3.63) is 60.0 Å². The van der Waals surface area contributed by atoms with E-state index in [1.165, 1.54) is 13.0 Å². The third-order valence-electron chi connectivity index (χ3n) is 3.58. The van der Waals surface area contributed by atoms with E-state index in [1.807, 2.05) is 0 Å². The Bertz CT molecular complexity index is 900. The second-order valence-electron chi connectivity index (χ2n) is 5.46. The highest BCUT2D eigenvalue weighted by atomic mass is 19.1. The van der Waals surface area contributed by atoms with Crippen molar-refractivity contribution in [1.29, 1.82) is 0 Å². The highest BCUT2D eigenvalue weighted by molar-refractivity contribution is 5.96. The molecular formula is C18H16FN3O2. The third-order valence-corrected chi connectivity index (χ3v) is 3.58. The Morgan fingerprint density at radius 3 is 2.38 bits per heavy atom. The Labute approximate surface area is 137 Å². The number of halogens is 1. The van der Waals surface area contributed by atoms with Gasteiger partial charge in [-0.2, -0.15) is 0 Å². The minimum atomic E-state index is -0.351. The summed E-state index contributed by atoms with van der Waals surface area (Å²) in [4.78, 5) is 26.1. The third kappa shape index (κ3) is 3.43. The number of fused-ring (bicyclic) bond motifs is 1. The highest BCUT2D eigenvalue weighted by Gasteiger charge is 2.12. The molecule has 0 atom stereocenters. The predicted molar refractivity (Wildman–Crippen MR) is 91.3 cm³/mol. The standard InChI is InChI=1S/C18H16FN3O2/c1-11(23)21-13-5-7-14(8-6-13)22-17(24)9-12-10-20-16-4-2-3-15(19)18(12)16/h2-8,10,20H,9H2,1H3,(H,21,23)(H,22,24). The number of hydrogen-bond donors (Lipinski definition) is 3. The van der Waals surface area contributed by atoms with Crippen molar-refractivity contribution in [3.8, 4) is 0 Å². The number of H-pyrrole nitrogens is 1. The maximum Gasteiger partial charge on any atom is 0.228 e. The summed E-state index contributed by atoms with van der Waals surface area (Å²) < 4.78 is 13.9. The average molecular weight is 325 g/mol. The second kappa shape index (κ2) is 6.54. The summed E-state index contributed by atoms with van der Waals surface area (Å²) >= 11 is 0. The van der Waals surface area contributed by atoms with E-state index in [2.05, 4.69) is 15.6 Å². The number of anilines is 2. The molecule has 0 aliphatic rings. The minimum absolute atomic E-state index is 0.0639. The molecule has 2 amide bonds. The lowest BCUT2D eigenvalue weighted by molar-refractivity contribution is -0.116. The fourth-order valence-corrected chi connectivity index (χ4v) is 2.57. The van der Waals surface area contributed by atoms with E-state index < -0.39 is 0 Å². The van der Waals surface area contributed by atoms with Crippen molar-refractivity contribution in [1.82, 2.24) is 4.98 Å². The molecule has 0 radical (unpaired) electrons. The van der Waals surface area contributed by atoms with E-state index in [4.69, 9.17) is 0 Å². The summed E-state index contributed by atoms with van der Waals surface area (Å²) in [7, 11) is 0. The molecule has 24 heavy (non-hydrogen) atoms. The fourth-order valence-electron chi connectivity index (χ4n) is 2.57. The van der Waals surface area contributed by atoms with Crippen molar-refractivity contribution < 1.29 is 14.0 Å². The van der Waals surface area contributed by atoms with Crippen LogP contribution in [0.1, 0.15) is 12.5 Å². The second-order valence-corrected chi connectivity index (χ2v) is 5.46. The zero-order valence-electron chi connectivity index (χ0n) is 13.0. The van der Waals surface area contributed by atoms with Crippen LogP contribution < -0.4 is 10.6 Å². The summed E-state index contributed by atoms with van der Waals surface area (Å²) in [6.45, 7) is 1.43. The van der Waals surface area contributed by atoms with Gasteiger partial charge in [-0.05, 0) is 42.0 Å². The molecule has 0 aliphatic carbocycles. The molecule has 0 fully saturated rings. The number of nitrogens with one attached hydrogen (secondary N) is 3. The van der Waals surface area contributed by atoms with Gasteiger partial charge in [-0.3, -0.25) is 9.59 Å². The molecule has 0 spiro atoms. The molecule has 1 heterocycles. The largest absolute Gasteiger partial charge is 0.361 e. The van der Waals surface area contributed by atoms with Gasteiger partial charge < -0.3 is 15.6 Å². The number of amides is 2. The molecule has 3 rings (SSSR count). The van der Waals surface area contributed by atoms with Gasteiger partial charge in [-0.1, -0.05) is 6.07 Å². The van der Waals surface area contributed by atoms with E-state index in [0.29, 0.717) is 27.8 Å². The monoisotopic (exact) mass is 325 g/mol. The molecule has 6 heteroatoms. The summed E-state index contributed by atoms with van der Waals surface area (Å²) in [5.41, 5.74) is 2.53. The van der Waals surface area contributed by atoms with Gasteiger partial charge in [0.25, 0.3) is 0 Å². The lowest BCUT2D eigenvalue weighted by Crippen LogP contribution is -2.14. The Hall–Kier alpha value is -3.15. The van der Waals surface area contributed by atoms with Gasteiger partial charge in [0.1, 0.15) is 5.82 Å². The predicted octanol–water partition coefficient (Wildman–Crippen LogP) is 3.45. The Kier molecular flexibility index (Phi) is 4.29. The maximum atomic E-state index is 13.9. The maximum absolute atomic E-state index is 13.9. The first-order chi connectivity index (χ1) is 11.5. The SMILES string of the molecule is CC(=O)Nc1ccc(NC(=O)Cc2c[nH]c3cccc(F)c23)cc1. The van der Waals surface area contributed by atoms with Gasteiger partial charge in [0, 0.05) is 35.4 Å². The topological polar surface area (TPSA) is 74.0 Å². The molecule has 0 bridgehead atoms. The molecule has 0 unspecified atom stereocenters. The summed E-state index contributed by atoms with van der Waals surface area (Å²) in [5.74, 6) is -0.754. The van der Waals surface area contributed by atoms with Crippen molar-refractivity contribution in [3.63, 3.8) is 0 Å². The van der Waals surface area contributed by atoms with Crippen LogP contribution in [-0.2, 0) is 16.0 Å². The van der Waals surface area contributed by atoms with E-state index in [1.54, 1.807) is 42.6 Å². The minimum Gasteiger partial charge on any atom is -0.361 e. The van der Waals surface area contributed by atoms with Gasteiger partial charge >= 0.3 is 0 Å². The van der Waals surface area contributed by atoms with Gasteiger partial charge in [0.15, 0.2) is 0 Å². The summed E-state index contributed by atoms with van der Waals surface area (Å²) in [6, 6.07) is 11.5. The quantitative estimate of drug-likeness (QED) is 0.687. The van der Waals surface area contributed by atoms with Crippen LogP contribution in [0.15, 0.2) is 48.7 Å². The molecular weight excluding hydrogens is 309 g/mol. The van der Waals surface area contributed by atoms with E-state index in [9.17, 15) is 14.0 Å². The Morgan fingerprint density at radius 1 is 1.04 bits per heavy atom. The molecule has 0 aliphatic heterocycles. The molecule has 0 saturated carbocycles. The van der Waals surface area contributed by atoms with Crippen molar-refractivity contribution in [2.45, 2.75) is 13.3 Å². The molecule has 1 aromatic heterocycles. The molecule has 3 N–H and O–H groups in total. The Morgan fingerprint density at radius 2 is 1.71 bits per heavy atom. The van der Waals surface area contributed by atoms with Crippen LogP contribution in [0.25, 0.3) is 10.9 Å². The number of benzene rings is 2. The Balaban J connectivity index is 1.70. The van der Waals surface area contributed by atoms with Gasteiger partial charge in [-0.15, -0.1) is 0 Å². The van der Waals surface area contributed by atoms with Crippen molar-refractivity contribution in [2.24, 2.45) is 0 Å². The van der Waals surface area contributed by atoms with E-state index in [0.717, 1.165) is 0 Å². The van der Waals surface area contributed by atoms with Crippen molar-refractivity contribution in [2.75, 3.05) is 10.6 Å². The molecule has 2 aromatic carbocycles. The summed E-state index contributed by atoms with van der Waals surface area (Å²) in [6.07, 6.45) is 1.71. The van der Waals surface area contributed by atoms with Gasteiger partial charge in [-0.25, -0.2) is 4.39 Å². The lowest BCUT2D eigenvalue weighted by Gasteiger charge is -2.07. The zero-order chi connectivity index (χ0) is 17.1. The van der Waals surface area contributed by atoms with Crippen LogP contribution in [0, 0.1) is 5.82 Å². The van der Waals surface area contributed by atoms with Crippen LogP contribution in [0.5, 0.6) is 0 Å². The van der Waals surface area contributed by atoms with E-state index >= 15 is 0 Å². The van der Waals surface area contributed by atoms with Crippen molar-refractivity contribution >= 4 is 34.1 Å². The molecule has 0 saturated heterocycles. The molecule has 5 nitrogen and oxygen atoms in total. The first-order valence-electron chi connectivity index (χ1n) is 7.45. The first-order valence-corrected chi connectivity index (χ1v) is 7.45. The van der Waals surface area contributed by atoms with Gasteiger partial charge in [0.05, 0.1) is 6.42 Å². The van der Waals surface area contributed by atoms with Crippen LogP contribution in [0.2, 0.25) is 0 Å².